The van der Waals surface area contributed by atoms with Gasteiger partial charge >= 0.3 is 0 Å². The van der Waals surface area contributed by atoms with Crippen molar-refractivity contribution in [1.82, 2.24) is 15.1 Å². The Kier molecular flexibility index (Phi) is 8.11. The summed E-state index contributed by atoms with van der Waals surface area (Å²) in [6.07, 6.45) is 11.8. The van der Waals surface area contributed by atoms with E-state index in [1.54, 1.807) is 0 Å². The van der Waals surface area contributed by atoms with Gasteiger partial charge in [-0.25, -0.2) is 0 Å². The van der Waals surface area contributed by atoms with Crippen LogP contribution in [0.25, 0.3) is 0 Å². The molecule has 1 spiro atoms. The van der Waals surface area contributed by atoms with E-state index in [9.17, 15) is 9.59 Å². The molecule has 2 heterocycles. The molecule has 1 aliphatic carbocycles. The fourth-order valence-electron chi connectivity index (χ4n) is 5.93. The first-order valence-electron chi connectivity index (χ1n) is 13.4. The molecule has 1 aromatic carbocycles. The van der Waals surface area contributed by atoms with Crippen molar-refractivity contribution in [3.05, 3.63) is 35.9 Å². The minimum atomic E-state index is -0.609. The molecule has 1 saturated carbocycles. The maximum Gasteiger partial charge on any atom is 0.246 e. The number of rotatable bonds is 10. The van der Waals surface area contributed by atoms with Crippen LogP contribution in [0, 0.1) is 5.92 Å². The van der Waals surface area contributed by atoms with Gasteiger partial charge in [0.05, 0.1) is 0 Å². The van der Waals surface area contributed by atoms with Gasteiger partial charge in [0.15, 0.2) is 0 Å². The largest absolute Gasteiger partial charge is 0.342 e. The van der Waals surface area contributed by atoms with Gasteiger partial charge in [0.25, 0.3) is 0 Å². The smallest absolute Gasteiger partial charge is 0.246 e. The number of carbonyl (C=O) groups excluding carboxylic acids is 2. The van der Waals surface area contributed by atoms with Crippen molar-refractivity contribution < 1.29 is 9.59 Å². The van der Waals surface area contributed by atoms with Gasteiger partial charge in [-0.1, -0.05) is 57.0 Å². The molecule has 1 N–H and O–H groups in total. The molecule has 0 aromatic heterocycles. The molecule has 5 nitrogen and oxygen atoms in total. The molecule has 0 unspecified atom stereocenters. The molecule has 3 aliphatic rings. The van der Waals surface area contributed by atoms with E-state index >= 15 is 0 Å². The van der Waals surface area contributed by atoms with Crippen molar-refractivity contribution in [3.8, 4) is 0 Å². The molecule has 1 aromatic rings. The van der Waals surface area contributed by atoms with E-state index in [1.165, 1.54) is 44.1 Å². The molecule has 5 heteroatoms. The lowest BCUT2D eigenvalue weighted by atomic mass is 9.76. The molecular formula is C28H43N3O2. The second kappa shape index (κ2) is 11.0. The number of hydrogen-bond acceptors (Lipinski definition) is 3. The van der Waals surface area contributed by atoms with Crippen molar-refractivity contribution in [2.24, 2.45) is 5.92 Å². The minimum Gasteiger partial charge on any atom is -0.342 e. The van der Waals surface area contributed by atoms with E-state index in [1.807, 2.05) is 0 Å². The van der Waals surface area contributed by atoms with Crippen molar-refractivity contribution in [2.45, 2.75) is 102 Å². The van der Waals surface area contributed by atoms with Crippen LogP contribution in [0.15, 0.2) is 30.3 Å². The highest BCUT2D eigenvalue weighted by molar-refractivity contribution is 6.00. The Hall–Kier alpha value is -1.88. The lowest BCUT2D eigenvalue weighted by molar-refractivity contribution is -0.168. The van der Waals surface area contributed by atoms with E-state index in [4.69, 9.17) is 0 Å². The van der Waals surface area contributed by atoms with Gasteiger partial charge in [-0.2, -0.15) is 0 Å². The summed E-state index contributed by atoms with van der Waals surface area (Å²) in [5, 5.41) is 3.14. The summed E-state index contributed by atoms with van der Waals surface area (Å²) >= 11 is 0. The van der Waals surface area contributed by atoms with E-state index < -0.39 is 5.54 Å². The summed E-state index contributed by atoms with van der Waals surface area (Å²) < 4.78 is 0. The Morgan fingerprint density at radius 3 is 2.33 bits per heavy atom. The van der Waals surface area contributed by atoms with Gasteiger partial charge in [0, 0.05) is 19.1 Å². The second-order valence-electron chi connectivity index (χ2n) is 11.0. The first-order valence-corrected chi connectivity index (χ1v) is 13.4. The first kappa shape index (κ1) is 24.3. The normalized spacial score (nSPS) is 23.7. The monoisotopic (exact) mass is 453 g/mol. The van der Waals surface area contributed by atoms with Crippen molar-refractivity contribution >= 4 is 11.8 Å². The van der Waals surface area contributed by atoms with Gasteiger partial charge in [-0.3, -0.25) is 9.59 Å². The number of piperidine rings is 1. The number of carbonyl (C=O) groups is 2. The fraction of sp³-hybridized carbons (Fsp3) is 0.714. The molecule has 0 radical (unpaired) electrons. The maximum atomic E-state index is 13.5. The highest BCUT2D eigenvalue weighted by atomic mass is 16.2. The zero-order valence-corrected chi connectivity index (χ0v) is 20.7. The van der Waals surface area contributed by atoms with E-state index in [2.05, 4.69) is 59.3 Å². The number of amides is 2. The molecule has 182 valence electrons. The minimum absolute atomic E-state index is 0.111. The summed E-state index contributed by atoms with van der Waals surface area (Å²) in [4.78, 5) is 31.5. The van der Waals surface area contributed by atoms with Crippen LogP contribution in [0.1, 0.15) is 83.6 Å². The molecule has 2 amide bonds. The standard InChI is InChI=1S/C28H43N3O2/c1-22(2)21-25-26(32)31(24-14-10-15-24)28(27(33)29-25)16-19-30(20-17-28)18-9-4-3-6-11-23-12-7-5-8-13-23/h5,7-8,12-13,22,24-25H,3-4,6,9-11,14-21H2,1-2H3,(H,29,33)/t25-/m0/s1. The summed E-state index contributed by atoms with van der Waals surface area (Å²) in [5.41, 5.74) is 0.827. The van der Waals surface area contributed by atoms with Crippen LogP contribution in [0.2, 0.25) is 0 Å². The van der Waals surface area contributed by atoms with Crippen LogP contribution in [-0.4, -0.2) is 58.9 Å². The number of likely N-dealkylation sites (tertiary alicyclic amines) is 1. The summed E-state index contributed by atoms with van der Waals surface area (Å²) in [5.74, 6) is 0.686. The number of nitrogens with zero attached hydrogens (tertiary/aromatic N) is 2. The molecule has 2 saturated heterocycles. The highest BCUT2D eigenvalue weighted by Gasteiger charge is 2.56. The molecular weight excluding hydrogens is 410 g/mol. The van der Waals surface area contributed by atoms with E-state index in [0.29, 0.717) is 5.92 Å². The topological polar surface area (TPSA) is 52.7 Å². The molecule has 1 atom stereocenters. The number of hydrogen-bond donors (Lipinski definition) is 1. The Morgan fingerprint density at radius 1 is 1.00 bits per heavy atom. The zero-order chi connectivity index (χ0) is 23.3. The summed E-state index contributed by atoms with van der Waals surface area (Å²) in [6, 6.07) is 10.7. The van der Waals surface area contributed by atoms with E-state index in [-0.39, 0.29) is 23.9 Å². The maximum absolute atomic E-state index is 13.5. The Morgan fingerprint density at radius 2 is 1.70 bits per heavy atom. The van der Waals surface area contributed by atoms with Crippen LogP contribution in [0.3, 0.4) is 0 Å². The van der Waals surface area contributed by atoms with Gasteiger partial charge in [-0.15, -0.1) is 0 Å². The zero-order valence-electron chi connectivity index (χ0n) is 20.7. The highest BCUT2D eigenvalue weighted by Crippen LogP contribution is 2.40. The summed E-state index contributed by atoms with van der Waals surface area (Å²) in [7, 11) is 0. The third-order valence-corrected chi connectivity index (χ3v) is 8.09. The average Bonchev–Trinajstić information content (AvgIpc) is 2.77. The fourth-order valence-corrected chi connectivity index (χ4v) is 5.93. The Bertz CT molecular complexity index is 782. The van der Waals surface area contributed by atoms with Gasteiger partial charge < -0.3 is 15.1 Å². The average molecular weight is 454 g/mol. The number of aryl methyl sites for hydroxylation is 1. The molecule has 0 bridgehead atoms. The first-order chi connectivity index (χ1) is 16.0. The van der Waals surface area contributed by atoms with Gasteiger partial charge in [0.1, 0.15) is 11.6 Å². The Balaban J connectivity index is 1.25. The Labute approximate surface area is 200 Å². The predicted molar refractivity (Wildman–Crippen MR) is 133 cm³/mol. The lowest BCUT2D eigenvalue weighted by Crippen LogP contribution is -2.75. The van der Waals surface area contributed by atoms with Gasteiger partial charge in [-0.05, 0) is 75.8 Å². The van der Waals surface area contributed by atoms with Crippen molar-refractivity contribution in [3.63, 3.8) is 0 Å². The number of piperazine rings is 1. The molecule has 4 rings (SSSR count). The third-order valence-electron chi connectivity index (χ3n) is 8.09. The number of unbranched alkanes of at least 4 members (excludes halogenated alkanes) is 3. The number of nitrogens with one attached hydrogen (secondary N) is 1. The van der Waals surface area contributed by atoms with Crippen LogP contribution >= 0.6 is 0 Å². The van der Waals surface area contributed by atoms with Crippen molar-refractivity contribution in [2.75, 3.05) is 19.6 Å². The van der Waals surface area contributed by atoms with Crippen LogP contribution in [-0.2, 0) is 16.0 Å². The third kappa shape index (κ3) is 5.62. The van der Waals surface area contributed by atoms with Crippen LogP contribution in [0.5, 0.6) is 0 Å². The van der Waals surface area contributed by atoms with Crippen LogP contribution < -0.4 is 5.32 Å². The molecule has 3 fully saturated rings. The summed E-state index contributed by atoms with van der Waals surface area (Å²) in [6.45, 7) is 7.19. The molecule has 33 heavy (non-hydrogen) atoms. The van der Waals surface area contributed by atoms with E-state index in [0.717, 1.165) is 51.7 Å². The van der Waals surface area contributed by atoms with Gasteiger partial charge in [0.2, 0.25) is 11.8 Å². The lowest BCUT2D eigenvalue weighted by Gasteiger charge is -2.56. The predicted octanol–water partition coefficient (Wildman–Crippen LogP) is 4.55. The number of benzene rings is 1. The van der Waals surface area contributed by atoms with Crippen molar-refractivity contribution in [1.29, 1.82) is 0 Å². The van der Waals surface area contributed by atoms with Crippen LogP contribution in [0.4, 0.5) is 0 Å². The SMILES string of the molecule is CC(C)C[C@@H]1NC(=O)C2(CCN(CCCCCCc3ccccc3)CC2)N(C2CCC2)C1=O. The molecule has 2 aliphatic heterocycles. The quantitative estimate of drug-likeness (QED) is 0.529. The second-order valence-corrected chi connectivity index (χ2v) is 11.0.